The van der Waals surface area contributed by atoms with Crippen molar-refractivity contribution in [1.82, 2.24) is 10.3 Å². The van der Waals surface area contributed by atoms with E-state index in [1.54, 1.807) is 18.3 Å². The smallest absolute Gasteiger partial charge is 0.128 e. The average Bonchev–Trinajstić information content (AvgIpc) is 2.44. The van der Waals surface area contributed by atoms with Gasteiger partial charge in [-0.3, -0.25) is 0 Å². The van der Waals surface area contributed by atoms with Gasteiger partial charge in [0.05, 0.1) is 0 Å². The molecule has 0 aliphatic carbocycles. The lowest BCUT2D eigenvalue weighted by Gasteiger charge is -2.20. The van der Waals surface area contributed by atoms with Crippen LogP contribution in [0, 0.1) is 5.82 Å². The predicted octanol–water partition coefficient (Wildman–Crippen LogP) is 3.09. The molecule has 0 aliphatic heterocycles. The van der Waals surface area contributed by atoms with Gasteiger partial charge in [-0.2, -0.15) is 0 Å². The van der Waals surface area contributed by atoms with Crippen LogP contribution in [0.25, 0.3) is 0 Å². The van der Waals surface area contributed by atoms with Crippen LogP contribution >= 0.6 is 0 Å². The standard InChI is InChI=1S/C16H20FN3/c1-2-8-19-15(14-7-4-9-20-16(14)18)11-12-5-3-6-13(17)10-12/h3-7,9-10,15,19H,2,8,11H2,1H3,(H2,18,20). The molecule has 0 saturated carbocycles. The van der Waals surface area contributed by atoms with Crippen molar-refractivity contribution >= 4 is 5.82 Å². The molecule has 4 heteroatoms. The molecule has 2 rings (SSSR count). The largest absolute Gasteiger partial charge is 0.383 e. The minimum Gasteiger partial charge on any atom is -0.383 e. The second-order valence-electron chi connectivity index (χ2n) is 4.82. The summed E-state index contributed by atoms with van der Waals surface area (Å²) in [5.74, 6) is 0.313. The fourth-order valence-corrected chi connectivity index (χ4v) is 2.23. The summed E-state index contributed by atoms with van der Waals surface area (Å²) in [4.78, 5) is 4.13. The molecular weight excluding hydrogens is 253 g/mol. The Balaban J connectivity index is 2.22. The Morgan fingerprint density at radius 3 is 2.85 bits per heavy atom. The third-order valence-corrected chi connectivity index (χ3v) is 3.22. The third-order valence-electron chi connectivity index (χ3n) is 3.22. The number of nitrogens with zero attached hydrogens (tertiary/aromatic N) is 1. The van der Waals surface area contributed by atoms with Gasteiger partial charge < -0.3 is 11.1 Å². The normalized spacial score (nSPS) is 12.3. The van der Waals surface area contributed by atoms with Gasteiger partial charge in [-0.15, -0.1) is 0 Å². The van der Waals surface area contributed by atoms with Gasteiger partial charge in [-0.25, -0.2) is 9.37 Å². The number of rotatable bonds is 6. The van der Waals surface area contributed by atoms with Crippen molar-refractivity contribution in [2.24, 2.45) is 0 Å². The van der Waals surface area contributed by atoms with E-state index in [9.17, 15) is 4.39 Å². The van der Waals surface area contributed by atoms with Crippen molar-refractivity contribution < 1.29 is 4.39 Å². The van der Waals surface area contributed by atoms with Gasteiger partial charge in [0.1, 0.15) is 11.6 Å². The van der Waals surface area contributed by atoms with Crippen LogP contribution in [0.5, 0.6) is 0 Å². The summed E-state index contributed by atoms with van der Waals surface area (Å²) in [6.45, 7) is 2.99. The molecule has 0 fully saturated rings. The number of hydrogen-bond donors (Lipinski definition) is 2. The van der Waals surface area contributed by atoms with Gasteiger partial charge >= 0.3 is 0 Å². The maximum Gasteiger partial charge on any atom is 0.128 e. The summed E-state index contributed by atoms with van der Waals surface area (Å²) in [6, 6.07) is 10.6. The molecule has 0 aliphatic rings. The quantitative estimate of drug-likeness (QED) is 0.850. The second-order valence-corrected chi connectivity index (χ2v) is 4.82. The molecule has 2 aromatic rings. The second kappa shape index (κ2) is 7.01. The summed E-state index contributed by atoms with van der Waals surface area (Å²) in [6.07, 6.45) is 3.39. The first kappa shape index (κ1) is 14.5. The van der Waals surface area contributed by atoms with E-state index in [1.165, 1.54) is 6.07 Å². The number of aromatic nitrogens is 1. The number of nitrogens with two attached hydrogens (primary N) is 1. The minimum atomic E-state index is -0.212. The van der Waals surface area contributed by atoms with Crippen molar-refractivity contribution in [3.63, 3.8) is 0 Å². The topological polar surface area (TPSA) is 50.9 Å². The van der Waals surface area contributed by atoms with E-state index in [0.29, 0.717) is 12.2 Å². The summed E-state index contributed by atoms with van der Waals surface area (Å²) >= 11 is 0. The molecule has 106 valence electrons. The Morgan fingerprint density at radius 2 is 2.15 bits per heavy atom. The Bertz CT molecular complexity index is 557. The van der Waals surface area contributed by atoms with E-state index in [1.807, 2.05) is 18.2 Å². The minimum absolute atomic E-state index is 0.0467. The van der Waals surface area contributed by atoms with E-state index in [4.69, 9.17) is 5.73 Å². The van der Waals surface area contributed by atoms with Gasteiger partial charge in [0, 0.05) is 17.8 Å². The molecule has 0 spiro atoms. The van der Waals surface area contributed by atoms with Gasteiger partial charge in [0.25, 0.3) is 0 Å². The highest BCUT2D eigenvalue weighted by Crippen LogP contribution is 2.22. The zero-order chi connectivity index (χ0) is 14.4. The predicted molar refractivity (Wildman–Crippen MR) is 79.8 cm³/mol. The number of hydrogen-bond acceptors (Lipinski definition) is 3. The molecule has 1 atom stereocenters. The Labute approximate surface area is 119 Å². The first-order chi connectivity index (χ1) is 9.70. The summed E-state index contributed by atoms with van der Waals surface area (Å²) in [5.41, 5.74) is 7.86. The van der Waals surface area contributed by atoms with Crippen LogP contribution in [0.15, 0.2) is 42.6 Å². The maximum absolute atomic E-state index is 13.3. The molecule has 1 aromatic carbocycles. The summed E-state index contributed by atoms with van der Waals surface area (Å²) in [7, 11) is 0. The number of anilines is 1. The number of pyridine rings is 1. The van der Waals surface area contributed by atoms with E-state index in [2.05, 4.69) is 17.2 Å². The molecule has 1 aromatic heterocycles. The molecular formula is C16H20FN3. The molecule has 0 radical (unpaired) electrons. The van der Waals surface area contributed by atoms with Gasteiger partial charge in [0.2, 0.25) is 0 Å². The lowest BCUT2D eigenvalue weighted by molar-refractivity contribution is 0.527. The van der Waals surface area contributed by atoms with Crippen LogP contribution in [-0.4, -0.2) is 11.5 Å². The Hall–Kier alpha value is -1.94. The Kier molecular flexibility index (Phi) is 5.07. The van der Waals surface area contributed by atoms with Crippen LogP contribution in [0.3, 0.4) is 0 Å². The van der Waals surface area contributed by atoms with Crippen LogP contribution < -0.4 is 11.1 Å². The van der Waals surface area contributed by atoms with Crippen molar-refractivity contribution in [2.75, 3.05) is 12.3 Å². The van der Waals surface area contributed by atoms with Crippen LogP contribution in [0.2, 0.25) is 0 Å². The molecule has 0 amide bonds. The van der Waals surface area contributed by atoms with E-state index < -0.39 is 0 Å². The zero-order valence-corrected chi connectivity index (χ0v) is 11.6. The first-order valence-corrected chi connectivity index (χ1v) is 6.89. The van der Waals surface area contributed by atoms with Gasteiger partial charge in [0.15, 0.2) is 0 Å². The van der Waals surface area contributed by atoms with E-state index in [0.717, 1.165) is 24.1 Å². The number of benzene rings is 1. The molecule has 0 bridgehead atoms. The zero-order valence-electron chi connectivity index (χ0n) is 11.6. The highest BCUT2D eigenvalue weighted by molar-refractivity contribution is 5.41. The molecule has 20 heavy (non-hydrogen) atoms. The number of nitrogens with one attached hydrogen (secondary N) is 1. The van der Waals surface area contributed by atoms with E-state index >= 15 is 0 Å². The van der Waals surface area contributed by atoms with Crippen LogP contribution in [0.1, 0.15) is 30.5 Å². The highest BCUT2D eigenvalue weighted by Gasteiger charge is 2.15. The van der Waals surface area contributed by atoms with Crippen molar-refractivity contribution in [3.8, 4) is 0 Å². The van der Waals surface area contributed by atoms with Gasteiger partial charge in [-0.1, -0.05) is 25.1 Å². The lowest BCUT2D eigenvalue weighted by Crippen LogP contribution is -2.25. The SMILES string of the molecule is CCCNC(Cc1cccc(F)c1)c1cccnc1N. The molecule has 1 unspecified atom stereocenters. The highest BCUT2D eigenvalue weighted by atomic mass is 19.1. The van der Waals surface area contributed by atoms with Crippen molar-refractivity contribution in [3.05, 3.63) is 59.5 Å². The van der Waals surface area contributed by atoms with Crippen molar-refractivity contribution in [1.29, 1.82) is 0 Å². The van der Waals surface area contributed by atoms with Crippen molar-refractivity contribution in [2.45, 2.75) is 25.8 Å². The monoisotopic (exact) mass is 273 g/mol. The molecule has 1 heterocycles. The molecule has 3 nitrogen and oxygen atoms in total. The first-order valence-electron chi connectivity index (χ1n) is 6.89. The molecule has 0 saturated heterocycles. The fraction of sp³-hybridized carbons (Fsp3) is 0.312. The fourth-order valence-electron chi connectivity index (χ4n) is 2.23. The maximum atomic E-state index is 13.3. The lowest BCUT2D eigenvalue weighted by atomic mass is 9.99. The van der Waals surface area contributed by atoms with E-state index in [-0.39, 0.29) is 11.9 Å². The number of nitrogen functional groups attached to an aromatic ring is 1. The van der Waals surface area contributed by atoms with Crippen LogP contribution in [-0.2, 0) is 6.42 Å². The molecule has 3 N–H and O–H groups in total. The summed E-state index contributed by atoms with van der Waals surface area (Å²) < 4.78 is 13.3. The van der Waals surface area contributed by atoms with Crippen LogP contribution in [0.4, 0.5) is 10.2 Å². The third kappa shape index (κ3) is 3.78. The van der Waals surface area contributed by atoms with Gasteiger partial charge in [-0.05, 0) is 43.1 Å². The average molecular weight is 273 g/mol. The number of halogens is 1. The summed E-state index contributed by atoms with van der Waals surface area (Å²) in [5, 5.41) is 3.45. The Morgan fingerprint density at radius 1 is 1.30 bits per heavy atom.